The molecule has 18 heavy (non-hydrogen) atoms. The third-order valence-corrected chi connectivity index (χ3v) is 4.18. The fourth-order valence-corrected chi connectivity index (χ4v) is 2.99. The van der Waals surface area contributed by atoms with Gasteiger partial charge >= 0.3 is 0 Å². The zero-order chi connectivity index (χ0) is 12.2. The molecule has 1 N–H and O–H groups in total. The van der Waals surface area contributed by atoms with Gasteiger partial charge in [0.1, 0.15) is 5.82 Å². The number of thiazole rings is 2. The molecule has 3 rings (SSSR count). The van der Waals surface area contributed by atoms with Crippen LogP contribution in [0.2, 0.25) is 0 Å². The van der Waals surface area contributed by atoms with Crippen molar-refractivity contribution >= 4 is 22.7 Å². The van der Waals surface area contributed by atoms with Crippen molar-refractivity contribution in [3.05, 3.63) is 50.9 Å². The maximum absolute atomic E-state index is 4.39. The molecule has 0 radical (unpaired) electrons. The number of hydrogen-bond donors (Lipinski definition) is 1. The highest BCUT2D eigenvalue weighted by molar-refractivity contribution is 7.09. The number of hydrogen-bond acceptors (Lipinski definition) is 5. The normalized spacial score (nSPS) is 10.9. The molecule has 92 valence electrons. The molecule has 0 aromatic carbocycles. The highest BCUT2D eigenvalue weighted by Gasteiger charge is 2.04. The minimum Gasteiger partial charge on any atom is -0.346 e. The molecule has 0 saturated heterocycles. The average molecular weight is 276 g/mol. The van der Waals surface area contributed by atoms with Gasteiger partial charge < -0.3 is 4.98 Å². The van der Waals surface area contributed by atoms with Crippen molar-refractivity contribution in [3.63, 3.8) is 0 Å². The van der Waals surface area contributed by atoms with E-state index in [1.807, 2.05) is 29.4 Å². The second-order valence-corrected chi connectivity index (χ2v) is 5.84. The van der Waals surface area contributed by atoms with E-state index in [1.54, 1.807) is 22.7 Å². The second-order valence-electron chi connectivity index (χ2n) is 3.88. The SMILES string of the molecule is c1csc(CCc2ncc(Cc3nccs3)[nH]2)n1. The summed E-state index contributed by atoms with van der Waals surface area (Å²) in [6, 6.07) is 0. The summed E-state index contributed by atoms with van der Waals surface area (Å²) in [6.07, 6.45) is 8.27. The fourth-order valence-electron chi connectivity index (χ4n) is 1.73. The summed E-state index contributed by atoms with van der Waals surface area (Å²) in [4.78, 5) is 16.3. The van der Waals surface area contributed by atoms with Crippen molar-refractivity contribution in [2.45, 2.75) is 19.3 Å². The van der Waals surface area contributed by atoms with Crippen LogP contribution in [0.3, 0.4) is 0 Å². The topological polar surface area (TPSA) is 54.5 Å². The first-order chi connectivity index (χ1) is 8.90. The van der Waals surface area contributed by atoms with Gasteiger partial charge in [-0.2, -0.15) is 0 Å². The lowest BCUT2D eigenvalue weighted by molar-refractivity contribution is 0.869. The lowest BCUT2D eigenvalue weighted by Gasteiger charge is -1.94. The molecule has 6 heteroatoms. The lowest BCUT2D eigenvalue weighted by atomic mass is 10.3. The molecule has 3 aromatic heterocycles. The number of imidazole rings is 1. The van der Waals surface area contributed by atoms with E-state index in [1.165, 1.54) is 0 Å². The van der Waals surface area contributed by atoms with E-state index in [-0.39, 0.29) is 0 Å². The van der Waals surface area contributed by atoms with Gasteiger partial charge in [0, 0.05) is 54.3 Å². The summed E-state index contributed by atoms with van der Waals surface area (Å²) in [6.45, 7) is 0. The van der Waals surface area contributed by atoms with Gasteiger partial charge in [0.05, 0.1) is 10.0 Å². The van der Waals surface area contributed by atoms with Gasteiger partial charge in [0.2, 0.25) is 0 Å². The maximum Gasteiger partial charge on any atom is 0.106 e. The number of nitrogens with zero attached hydrogens (tertiary/aromatic N) is 3. The molecule has 0 saturated carbocycles. The predicted molar refractivity (Wildman–Crippen MR) is 73.0 cm³/mol. The Morgan fingerprint density at radius 3 is 2.44 bits per heavy atom. The molecular formula is C12H12N4S2. The lowest BCUT2D eigenvalue weighted by Crippen LogP contribution is -1.93. The van der Waals surface area contributed by atoms with E-state index in [2.05, 4.69) is 19.9 Å². The summed E-state index contributed by atoms with van der Waals surface area (Å²) >= 11 is 3.36. The molecule has 0 bridgehead atoms. The summed E-state index contributed by atoms with van der Waals surface area (Å²) in [5.74, 6) is 1.02. The highest BCUT2D eigenvalue weighted by Crippen LogP contribution is 2.12. The van der Waals surface area contributed by atoms with Crippen LogP contribution in [-0.2, 0) is 19.3 Å². The van der Waals surface area contributed by atoms with Crippen LogP contribution in [0, 0.1) is 0 Å². The van der Waals surface area contributed by atoms with Gasteiger partial charge in [0.15, 0.2) is 0 Å². The third-order valence-electron chi connectivity index (χ3n) is 2.57. The van der Waals surface area contributed by atoms with Gasteiger partial charge in [-0.05, 0) is 0 Å². The van der Waals surface area contributed by atoms with Crippen molar-refractivity contribution in [3.8, 4) is 0 Å². The number of aromatic nitrogens is 4. The van der Waals surface area contributed by atoms with Crippen LogP contribution < -0.4 is 0 Å². The van der Waals surface area contributed by atoms with Crippen LogP contribution in [0.15, 0.2) is 29.4 Å². The summed E-state index contributed by atoms with van der Waals surface area (Å²) < 4.78 is 0. The van der Waals surface area contributed by atoms with Gasteiger partial charge in [-0.15, -0.1) is 22.7 Å². The molecule has 0 aliphatic rings. The number of H-pyrrole nitrogens is 1. The molecule has 0 spiro atoms. The van der Waals surface area contributed by atoms with Crippen LogP contribution in [-0.4, -0.2) is 19.9 Å². The second kappa shape index (κ2) is 5.41. The summed E-state index contributed by atoms with van der Waals surface area (Å²) in [7, 11) is 0. The molecule has 4 nitrogen and oxygen atoms in total. The Kier molecular flexibility index (Phi) is 3.47. The van der Waals surface area contributed by atoms with Crippen LogP contribution in [0.25, 0.3) is 0 Å². The highest BCUT2D eigenvalue weighted by atomic mass is 32.1. The van der Waals surface area contributed by atoms with Crippen molar-refractivity contribution in [2.24, 2.45) is 0 Å². The maximum atomic E-state index is 4.39. The summed E-state index contributed by atoms with van der Waals surface area (Å²) in [5.41, 5.74) is 1.12. The standard InChI is InChI=1S/C12H12N4S2/c1(2-11-13-3-5-17-11)10-15-8-9(16-10)7-12-14-4-6-18-12/h3-6,8H,1-2,7H2,(H,15,16). The Morgan fingerprint density at radius 2 is 1.72 bits per heavy atom. The van der Waals surface area contributed by atoms with Crippen LogP contribution >= 0.6 is 22.7 Å². The Morgan fingerprint density at radius 1 is 0.944 bits per heavy atom. The molecule has 3 aromatic rings. The molecule has 3 heterocycles. The molecule has 0 unspecified atom stereocenters. The number of aryl methyl sites for hydroxylation is 2. The Hall–Kier alpha value is -1.53. The van der Waals surface area contributed by atoms with Crippen molar-refractivity contribution < 1.29 is 0 Å². The van der Waals surface area contributed by atoms with E-state index in [9.17, 15) is 0 Å². The van der Waals surface area contributed by atoms with E-state index in [0.29, 0.717) is 0 Å². The smallest absolute Gasteiger partial charge is 0.106 e. The first-order valence-corrected chi connectivity index (χ1v) is 7.45. The first kappa shape index (κ1) is 11.6. The minimum atomic E-state index is 0.835. The van der Waals surface area contributed by atoms with Gasteiger partial charge in [-0.3, -0.25) is 0 Å². The number of aromatic amines is 1. The molecule has 0 fully saturated rings. The molecule has 0 aliphatic heterocycles. The molecule has 0 atom stereocenters. The molecular weight excluding hydrogens is 264 g/mol. The fraction of sp³-hybridized carbons (Fsp3) is 0.250. The van der Waals surface area contributed by atoms with Gasteiger partial charge in [-0.1, -0.05) is 0 Å². The molecule has 0 aliphatic carbocycles. The minimum absolute atomic E-state index is 0.835. The van der Waals surface area contributed by atoms with E-state index in [4.69, 9.17) is 0 Å². The number of nitrogens with one attached hydrogen (secondary N) is 1. The Bertz CT molecular complexity index is 583. The van der Waals surface area contributed by atoms with Crippen molar-refractivity contribution in [1.29, 1.82) is 0 Å². The zero-order valence-corrected chi connectivity index (χ0v) is 11.3. The van der Waals surface area contributed by atoms with Crippen molar-refractivity contribution in [1.82, 2.24) is 19.9 Å². The monoisotopic (exact) mass is 276 g/mol. The quantitative estimate of drug-likeness (QED) is 0.779. The molecule has 0 amide bonds. The average Bonchev–Trinajstić information content (AvgIpc) is 3.09. The van der Waals surface area contributed by atoms with Gasteiger partial charge in [0.25, 0.3) is 0 Å². The van der Waals surface area contributed by atoms with Crippen LogP contribution in [0.5, 0.6) is 0 Å². The van der Waals surface area contributed by atoms with Crippen LogP contribution in [0.4, 0.5) is 0 Å². The zero-order valence-electron chi connectivity index (χ0n) is 9.67. The van der Waals surface area contributed by atoms with Crippen molar-refractivity contribution in [2.75, 3.05) is 0 Å². The van der Waals surface area contributed by atoms with E-state index in [0.717, 1.165) is 40.8 Å². The number of rotatable bonds is 5. The Balaban J connectivity index is 1.59. The van der Waals surface area contributed by atoms with E-state index < -0.39 is 0 Å². The predicted octanol–water partition coefficient (Wildman–Crippen LogP) is 2.70. The Labute approximate surface area is 113 Å². The van der Waals surface area contributed by atoms with Crippen LogP contribution in [0.1, 0.15) is 21.5 Å². The largest absolute Gasteiger partial charge is 0.346 e. The van der Waals surface area contributed by atoms with Gasteiger partial charge in [-0.25, -0.2) is 15.0 Å². The third kappa shape index (κ3) is 2.83. The van der Waals surface area contributed by atoms with E-state index >= 15 is 0 Å². The first-order valence-electron chi connectivity index (χ1n) is 5.69. The summed E-state index contributed by atoms with van der Waals surface area (Å²) in [5, 5.41) is 6.28.